The zero-order valence-corrected chi connectivity index (χ0v) is 12.3. The SMILES string of the molecule is CCCN(C(=O)NCc1ccccc1CC(=O)O)C1CC1. The van der Waals surface area contributed by atoms with Crippen molar-refractivity contribution in [2.24, 2.45) is 0 Å². The highest BCUT2D eigenvalue weighted by atomic mass is 16.4. The van der Waals surface area contributed by atoms with E-state index in [1.807, 2.05) is 23.1 Å². The van der Waals surface area contributed by atoms with E-state index in [9.17, 15) is 9.59 Å². The summed E-state index contributed by atoms with van der Waals surface area (Å²) in [4.78, 5) is 25.0. The van der Waals surface area contributed by atoms with Crippen molar-refractivity contribution in [2.75, 3.05) is 6.54 Å². The molecule has 21 heavy (non-hydrogen) atoms. The van der Waals surface area contributed by atoms with E-state index in [1.165, 1.54) is 0 Å². The second-order valence-electron chi connectivity index (χ2n) is 5.42. The van der Waals surface area contributed by atoms with E-state index >= 15 is 0 Å². The second-order valence-corrected chi connectivity index (χ2v) is 5.42. The highest BCUT2D eigenvalue weighted by Gasteiger charge is 2.31. The third-order valence-electron chi connectivity index (χ3n) is 3.60. The molecular weight excluding hydrogens is 268 g/mol. The lowest BCUT2D eigenvalue weighted by Gasteiger charge is -2.22. The zero-order valence-electron chi connectivity index (χ0n) is 12.3. The number of carbonyl (C=O) groups excluding carboxylic acids is 1. The smallest absolute Gasteiger partial charge is 0.317 e. The second kappa shape index (κ2) is 7.11. The minimum Gasteiger partial charge on any atom is -0.481 e. The van der Waals surface area contributed by atoms with E-state index < -0.39 is 5.97 Å². The van der Waals surface area contributed by atoms with Crippen molar-refractivity contribution in [1.82, 2.24) is 10.2 Å². The van der Waals surface area contributed by atoms with Crippen LogP contribution in [0.25, 0.3) is 0 Å². The molecule has 0 saturated heterocycles. The molecule has 114 valence electrons. The number of amides is 2. The normalized spacial score (nSPS) is 13.8. The van der Waals surface area contributed by atoms with Gasteiger partial charge in [-0.1, -0.05) is 31.2 Å². The zero-order chi connectivity index (χ0) is 15.2. The molecule has 0 unspecified atom stereocenters. The van der Waals surface area contributed by atoms with Crippen molar-refractivity contribution in [3.8, 4) is 0 Å². The molecule has 1 aliphatic rings. The molecule has 1 aromatic rings. The highest BCUT2D eigenvalue weighted by molar-refractivity contribution is 5.75. The standard InChI is InChI=1S/C16H22N2O3/c1-2-9-18(14-7-8-14)16(21)17-11-13-6-4-3-5-12(13)10-15(19)20/h3-6,14H,2,7-11H2,1H3,(H,17,21)(H,19,20). The number of urea groups is 1. The summed E-state index contributed by atoms with van der Waals surface area (Å²) in [5.41, 5.74) is 1.61. The first-order valence-corrected chi connectivity index (χ1v) is 7.45. The molecule has 2 amide bonds. The molecule has 0 spiro atoms. The van der Waals surface area contributed by atoms with Crippen LogP contribution in [0.15, 0.2) is 24.3 Å². The van der Waals surface area contributed by atoms with Gasteiger partial charge in [-0.15, -0.1) is 0 Å². The van der Waals surface area contributed by atoms with Gasteiger partial charge in [0.1, 0.15) is 0 Å². The van der Waals surface area contributed by atoms with Gasteiger partial charge < -0.3 is 15.3 Å². The summed E-state index contributed by atoms with van der Waals surface area (Å²) in [7, 11) is 0. The van der Waals surface area contributed by atoms with Crippen LogP contribution in [0.1, 0.15) is 37.3 Å². The number of hydrogen-bond acceptors (Lipinski definition) is 2. The minimum atomic E-state index is -0.862. The molecule has 1 aliphatic carbocycles. The summed E-state index contributed by atoms with van der Waals surface area (Å²) >= 11 is 0. The minimum absolute atomic E-state index is 0.0205. The maximum Gasteiger partial charge on any atom is 0.317 e. The van der Waals surface area contributed by atoms with E-state index in [-0.39, 0.29) is 12.5 Å². The summed E-state index contributed by atoms with van der Waals surface area (Å²) in [5.74, 6) is -0.862. The van der Waals surface area contributed by atoms with Crippen LogP contribution in [-0.4, -0.2) is 34.6 Å². The average molecular weight is 290 g/mol. The number of benzene rings is 1. The number of carboxylic acid groups (broad SMARTS) is 1. The summed E-state index contributed by atoms with van der Waals surface area (Å²) < 4.78 is 0. The molecule has 0 bridgehead atoms. The van der Waals surface area contributed by atoms with Gasteiger partial charge in [-0.05, 0) is 30.4 Å². The van der Waals surface area contributed by atoms with Crippen molar-refractivity contribution in [2.45, 2.75) is 45.2 Å². The predicted octanol–water partition coefficient (Wildman–Crippen LogP) is 2.40. The Hall–Kier alpha value is -2.04. The fraction of sp³-hybridized carbons (Fsp3) is 0.500. The summed E-state index contributed by atoms with van der Waals surface area (Å²) in [6.07, 6.45) is 3.10. The molecule has 2 N–H and O–H groups in total. The first-order chi connectivity index (χ1) is 10.1. The predicted molar refractivity (Wildman–Crippen MR) is 80.0 cm³/mol. The van der Waals surface area contributed by atoms with Crippen LogP contribution in [0.4, 0.5) is 4.79 Å². The average Bonchev–Trinajstić information content (AvgIpc) is 3.27. The van der Waals surface area contributed by atoms with E-state index in [2.05, 4.69) is 12.2 Å². The van der Waals surface area contributed by atoms with Crippen LogP contribution in [0.5, 0.6) is 0 Å². The van der Waals surface area contributed by atoms with Gasteiger partial charge in [-0.3, -0.25) is 4.79 Å². The van der Waals surface area contributed by atoms with E-state index in [1.54, 1.807) is 6.07 Å². The molecule has 0 radical (unpaired) electrons. The highest BCUT2D eigenvalue weighted by Crippen LogP contribution is 2.26. The number of rotatable bonds is 7. The molecule has 5 nitrogen and oxygen atoms in total. The van der Waals surface area contributed by atoms with Gasteiger partial charge >= 0.3 is 12.0 Å². The molecule has 0 aromatic heterocycles. The largest absolute Gasteiger partial charge is 0.481 e. The van der Waals surface area contributed by atoms with E-state index in [4.69, 9.17) is 5.11 Å². The number of carbonyl (C=O) groups is 2. The molecule has 1 aromatic carbocycles. The Bertz CT molecular complexity index is 512. The Morgan fingerprint density at radius 2 is 1.95 bits per heavy atom. The van der Waals surface area contributed by atoms with Gasteiger partial charge in [0, 0.05) is 19.1 Å². The van der Waals surface area contributed by atoms with Gasteiger partial charge in [-0.2, -0.15) is 0 Å². The number of nitrogens with one attached hydrogen (secondary N) is 1. The third-order valence-corrected chi connectivity index (χ3v) is 3.60. The number of nitrogens with zero attached hydrogens (tertiary/aromatic N) is 1. The maximum absolute atomic E-state index is 12.2. The van der Waals surface area contributed by atoms with Gasteiger partial charge in [-0.25, -0.2) is 4.79 Å². The van der Waals surface area contributed by atoms with Crippen molar-refractivity contribution >= 4 is 12.0 Å². The summed E-state index contributed by atoms with van der Waals surface area (Å²) in [6, 6.07) is 7.66. The molecule has 1 fully saturated rings. The van der Waals surface area contributed by atoms with Crippen molar-refractivity contribution in [1.29, 1.82) is 0 Å². The van der Waals surface area contributed by atoms with Gasteiger partial charge in [0.15, 0.2) is 0 Å². The lowest BCUT2D eigenvalue weighted by molar-refractivity contribution is -0.136. The van der Waals surface area contributed by atoms with Crippen LogP contribution in [-0.2, 0) is 17.8 Å². The van der Waals surface area contributed by atoms with Crippen molar-refractivity contribution < 1.29 is 14.7 Å². The number of hydrogen-bond donors (Lipinski definition) is 2. The fourth-order valence-electron chi connectivity index (χ4n) is 2.41. The van der Waals surface area contributed by atoms with E-state index in [0.29, 0.717) is 12.6 Å². The number of carboxylic acids is 1. The molecule has 0 atom stereocenters. The Morgan fingerprint density at radius 1 is 1.29 bits per heavy atom. The summed E-state index contributed by atoms with van der Waals surface area (Å²) in [5, 5.41) is 11.8. The third kappa shape index (κ3) is 4.48. The Morgan fingerprint density at radius 3 is 2.52 bits per heavy atom. The van der Waals surface area contributed by atoms with Crippen LogP contribution in [0.2, 0.25) is 0 Å². The van der Waals surface area contributed by atoms with Crippen molar-refractivity contribution in [3.63, 3.8) is 0 Å². The lowest BCUT2D eigenvalue weighted by atomic mass is 10.0. The van der Waals surface area contributed by atoms with Crippen LogP contribution < -0.4 is 5.32 Å². The van der Waals surface area contributed by atoms with E-state index in [0.717, 1.165) is 36.9 Å². The Balaban J connectivity index is 1.95. The fourth-order valence-corrected chi connectivity index (χ4v) is 2.41. The molecule has 1 saturated carbocycles. The molecule has 0 aliphatic heterocycles. The Labute approximate surface area is 125 Å². The molecule has 5 heteroatoms. The van der Waals surface area contributed by atoms with Crippen LogP contribution >= 0.6 is 0 Å². The Kier molecular flexibility index (Phi) is 5.20. The van der Waals surface area contributed by atoms with Gasteiger partial charge in [0.05, 0.1) is 6.42 Å². The van der Waals surface area contributed by atoms with Gasteiger partial charge in [0.25, 0.3) is 0 Å². The molecule has 0 heterocycles. The summed E-state index contributed by atoms with van der Waals surface area (Å²) in [6.45, 7) is 3.20. The molecule has 2 rings (SSSR count). The quantitative estimate of drug-likeness (QED) is 0.810. The van der Waals surface area contributed by atoms with Crippen LogP contribution in [0.3, 0.4) is 0 Å². The number of aliphatic carboxylic acids is 1. The lowest BCUT2D eigenvalue weighted by Crippen LogP contribution is -2.41. The van der Waals surface area contributed by atoms with Crippen LogP contribution in [0, 0.1) is 0 Å². The first kappa shape index (κ1) is 15.4. The van der Waals surface area contributed by atoms with Crippen molar-refractivity contribution in [3.05, 3.63) is 35.4 Å². The topological polar surface area (TPSA) is 69.6 Å². The molecular formula is C16H22N2O3. The monoisotopic (exact) mass is 290 g/mol. The van der Waals surface area contributed by atoms with Gasteiger partial charge in [0.2, 0.25) is 0 Å². The maximum atomic E-state index is 12.2. The first-order valence-electron chi connectivity index (χ1n) is 7.45.